The van der Waals surface area contributed by atoms with Crippen molar-refractivity contribution in [2.75, 3.05) is 10.0 Å². The number of halogens is 1. The van der Waals surface area contributed by atoms with Gasteiger partial charge in [0.05, 0.1) is 4.90 Å². The van der Waals surface area contributed by atoms with Crippen LogP contribution in [0.3, 0.4) is 0 Å². The minimum atomic E-state index is -3.71. The summed E-state index contributed by atoms with van der Waals surface area (Å²) in [6, 6.07) is 29.0. The number of phenols is 1. The van der Waals surface area contributed by atoms with Crippen LogP contribution in [0.2, 0.25) is 0 Å². The Kier molecular flexibility index (Phi) is 6.48. The van der Waals surface area contributed by atoms with Gasteiger partial charge in [-0.15, -0.1) is 0 Å². The van der Waals surface area contributed by atoms with E-state index in [1.807, 2.05) is 54.6 Å². The van der Waals surface area contributed by atoms with E-state index in [-0.39, 0.29) is 10.6 Å². The zero-order chi connectivity index (χ0) is 22.6. The lowest BCUT2D eigenvalue weighted by atomic mass is 10.1. The Bertz CT molecular complexity index is 1310. The van der Waals surface area contributed by atoms with Crippen LogP contribution in [0.4, 0.5) is 11.4 Å². The summed E-state index contributed by atoms with van der Waals surface area (Å²) in [5.74, 6) is 0.188. The number of hydrogen-bond acceptors (Lipinski definition) is 4. The molecule has 32 heavy (non-hydrogen) atoms. The first-order chi connectivity index (χ1) is 15.4. The van der Waals surface area contributed by atoms with Crippen molar-refractivity contribution in [1.29, 1.82) is 0 Å². The minimum absolute atomic E-state index is 0.168. The second-order valence-electron chi connectivity index (χ2n) is 7.20. The Morgan fingerprint density at radius 3 is 2.03 bits per heavy atom. The fraction of sp³-hybridized carbons (Fsp3) is 0.0400. The first kappa shape index (κ1) is 21.9. The van der Waals surface area contributed by atoms with Crippen molar-refractivity contribution in [2.24, 2.45) is 0 Å². The number of phenolic OH excluding ortho intramolecular Hbond substituents is 1. The standard InChI is InChI=1S/C25H21BrN2O3S/c26-21-9-6-20(25(29)16-21)17-27-22-12-14-24(15-13-22)32(30,31)28-23-10-7-19(8-11-23)18-4-2-1-3-5-18/h1-16,27-29H,17H2. The molecule has 0 amide bonds. The Labute approximate surface area is 195 Å². The van der Waals surface area contributed by atoms with Gasteiger partial charge in [0.15, 0.2) is 0 Å². The maximum Gasteiger partial charge on any atom is 0.261 e. The lowest BCUT2D eigenvalue weighted by molar-refractivity contribution is 0.468. The molecule has 0 aliphatic rings. The van der Waals surface area contributed by atoms with E-state index in [1.54, 1.807) is 42.5 Å². The van der Waals surface area contributed by atoms with E-state index in [1.165, 1.54) is 0 Å². The normalized spacial score (nSPS) is 11.2. The van der Waals surface area contributed by atoms with Crippen LogP contribution >= 0.6 is 15.9 Å². The highest BCUT2D eigenvalue weighted by atomic mass is 79.9. The molecular weight excluding hydrogens is 488 g/mol. The van der Waals surface area contributed by atoms with Crippen molar-refractivity contribution < 1.29 is 13.5 Å². The Balaban J connectivity index is 1.41. The maximum atomic E-state index is 12.8. The first-order valence-electron chi connectivity index (χ1n) is 9.90. The van der Waals surface area contributed by atoms with Gasteiger partial charge in [0.2, 0.25) is 0 Å². The predicted octanol–water partition coefficient (Wildman–Crippen LogP) is 6.23. The predicted molar refractivity (Wildman–Crippen MR) is 132 cm³/mol. The molecule has 4 rings (SSSR count). The largest absolute Gasteiger partial charge is 0.508 e. The van der Waals surface area contributed by atoms with E-state index in [4.69, 9.17) is 0 Å². The van der Waals surface area contributed by atoms with Crippen LogP contribution in [-0.2, 0) is 16.6 Å². The Morgan fingerprint density at radius 2 is 1.38 bits per heavy atom. The summed E-state index contributed by atoms with van der Waals surface area (Å²) >= 11 is 3.31. The molecular formula is C25H21BrN2O3S. The maximum absolute atomic E-state index is 12.8. The molecule has 0 atom stereocenters. The molecule has 0 fully saturated rings. The molecule has 0 spiro atoms. The van der Waals surface area contributed by atoms with Crippen LogP contribution in [0.25, 0.3) is 11.1 Å². The van der Waals surface area contributed by atoms with Gasteiger partial charge in [-0.3, -0.25) is 4.72 Å². The number of hydrogen-bond donors (Lipinski definition) is 3. The van der Waals surface area contributed by atoms with Gasteiger partial charge in [-0.1, -0.05) is 64.5 Å². The molecule has 162 valence electrons. The highest BCUT2D eigenvalue weighted by Crippen LogP contribution is 2.25. The summed E-state index contributed by atoms with van der Waals surface area (Å²) in [4.78, 5) is 0.168. The summed E-state index contributed by atoms with van der Waals surface area (Å²) < 4.78 is 28.9. The smallest absolute Gasteiger partial charge is 0.261 e. The van der Waals surface area contributed by atoms with E-state index < -0.39 is 10.0 Å². The van der Waals surface area contributed by atoms with Gasteiger partial charge in [-0.2, -0.15) is 0 Å². The molecule has 0 saturated heterocycles. The van der Waals surface area contributed by atoms with Crippen LogP contribution in [0.15, 0.2) is 106 Å². The summed E-state index contributed by atoms with van der Waals surface area (Å²) in [5.41, 5.74) is 4.07. The van der Waals surface area contributed by atoms with Gasteiger partial charge in [-0.25, -0.2) is 8.42 Å². The molecule has 0 saturated carbocycles. The third-order valence-electron chi connectivity index (χ3n) is 4.94. The minimum Gasteiger partial charge on any atom is -0.508 e. The van der Waals surface area contributed by atoms with Crippen molar-refractivity contribution >= 4 is 37.3 Å². The summed E-state index contributed by atoms with van der Waals surface area (Å²) in [6.07, 6.45) is 0. The number of benzene rings is 4. The number of aromatic hydroxyl groups is 1. The average molecular weight is 509 g/mol. The van der Waals surface area contributed by atoms with Crippen LogP contribution in [-0.4, -0.2) is 13.5 Å². The molecule has 3 N–H and O–H groups in total. The average Bonchev–Trinajstić information content (AvgIpc) is 2.80. The third kappa shape index (κ3) is 5.30. The second-order valence-corrected chi connectivity index (χ2v) is 9.80. The van der Waals surface area contributed by atoms with Crippen molar-refractivity contribution in [1.82, 2.24) is 0 Å². The molecule has 0 radical (unpaired) electrons. The van der Waals surface area contributed by atoms with Gasteiger partial charge in [0.25, 0.3) is 10.0 Å². The zero-order valence-corrected chi connectivity index (χ0v) is 19.4. The van der Waals surface area contributed by atoms with E-state index in [0.29, 0.717) is 12.2 Å². The molecule has 7 heteroatoms. The van der Waals surface area contributed by atoms with Gasteiger partial charge in [0.1, 0.15) is 5.75 Å². The summed E-state index contributed by atoms with van der Waals surface area (Å²) in [7, 11) is -3.71. The van der Waals surface area contributed by atoms with Gasteiger partial charge in [0, 0.05) is 28.0 Å². The molecule has 0 heterocycles. The van der Waals surface area contributed by atoms with Crippen molar-refractivity contribution in [2.45, 2.75) is 11.4 Å². The molecule has 0 bridgehead atoms. The van der Waals surface area contributed by atoms with E-state index in [2.05, 4.69) is 26.0 Å². The molecule has 4 aromatic carbocycles. The second kappa shape index (κ2) is 9.46. The van der Waals surface area contributed by atoms with Crippen molar-refractivity contribution in [3.05, 3.63) is 107 Å². The number of sulfonamides is 1. The fourth-order valence-corrected chi connectivity index (χ4v) is 4.62. The fourth-order valence-electron chi connectivity index (χ4n) is 3.21. The van der Waals surface area contributed by atoms with Crippen molar-refractivity contribution in [3.63, 3.8) is 0 Å². The van der Waals surface area contributed by atoms with Crippen LogP contribution < -0.4 is 10.0 Å². The number of nitrogens with one attached hydrogen (secondary N) is 2. The molecule has 0 aliphatic carbocycles. The van der Waals surface area contributed by atoms with Crippen LogP contribution in [0, 0.1) is 0 Å². The van der Waals surface area contributed by atoms with E-state index in [9.17, 15) is 13.5 Å². The van der Waals surface area contributed by atoms with Crippen LogP contribution in [0.5, 0.6) is 5.75 Å². The number of anilines is 2. The van der Waals surface area contributed by atoms with Crippen LogP contribution in [0.1, 0.15) is 5.56 Å². The van der Waals surface area contributed by atoms with E-state index in [0.717, 1.165) is 26.9 Å². The zero-order valence-electron chi connectivity index (χ0n) is 17.0. The number of rotatable bonds is 7. The lowest BCUT2D eigenvalue weighted by Gasteiger charge is -2.11. The van der Waals surface area contributed by atoms with Gasteiger partial charge < -0.3 is 10.4 Å². The first-order valence-corrected chi connectivity index (χ1v) is 12.2. The topological polar surface area (TPSA) is 78.4 Å². The molecule has 4 aromatic rings. The Hall–Kier alpha value is -3.29. The highest BCUT2D eigenvalue weighted by molar-refractivity contribution is 9.10. The molecule has 0 unspecified atom stereocenters. The molecule has 5 nitrogen and oxygen atoms in total. The van der Waals surface area contributed by atoms with Crippen molar-refractivity contribution in [3.8, 4) is 16.9 Å². The van der Waals surface area contributed by atoms with Gasteiger partial charge >= 0.3 is 0 Å². The third-order valence-corrected chi connectivity index (χ3v) is 6.83. The lowest BCUT2D eigenvalue weighted by Crippen LogP contribution is -2.13. The summed E-state index contributed by atoms with van der Waals surface area (Å²) in [5, 5.41) is 13.2. The monoisotopic (exact) mass is 508 g/mol. The quantitative estimate of drug-likeness (QED) is 0.276. The van der Waals surface area contributed by atoms with E-state index >= 15 is 0 Å². The summed E-state index contributed by atoms with van der Waals surface area (Å²) in [6.45, 7) is 0.414. The molecule has 0 aliphatic heterocycles. The highest BCUT2D eigenvalue weighted by Gasteiger charge is 2.14. The SMILES string of the molecule is O=S(=O)(Nc1ccc(-c2ccccc2)cc1)c1ccc(NCc2ccc(Br)cc2O)cc1. The van der Waals surface area contributed by atoms with Gasteiger partial charge in [-0.05, 0) is 59.7 Å². The Morgan fingerprint density at radius 1 is 0.750 bits per heavy atom. The molecule has 0 aromatic heterocycles.